The van der Waals surface area contributed by atoms with Crippen LogP contribution in [0.4, 0.5) is 17.6 Å². The van der Waals surface area contributed by atoms with Gasteiger partial charge < -0.3 is 4.74 Å². The van der Waals surface area contributed by atoms with Crippen LogP contribution in [-0.4, -0.2) is 22.1 Å². The third-order valence-electron chi connectivity index (χ3n) is 3.46. The number of sulfonamides is 1. The molecule has 1 unspecified atom stereocenters. The monoisotopic (exact) mass is 377 g/mol. The first-order chi connectivity index (χ1) is 11.6. The quantitative estimate of drug-likeness (QED) is 0.784. The van der Waals surface area contributed by atoms with Crippen molar-refractivity contribution in [2.24, 2.45) is 0 Å². The molecule has 136 valence electrons. The molecule has 0 aliphatic carbocycles. The van der Waals surface area contributed by atoms with Gasteiger partial charge in [-0.1, -0.05) is 12.1 Å². The number of benzene rings is 2. The molecule has 9 heteroatoms. The van der Waals surface area contributed by atoms with E-state index in [2.05, 4.69) is 4.72 Å². The summed E-state index contributed by atoms with van der Waals surface area (Å²) in [7, 11) is -2.70. The molecular formula is C16H15F4NO3S. The lowest BCUT2D eigenvalue weighted by molar-refractivity contribution is -0.137. The summed E-state index contributed by atoms with van der Waals surface area (Å²) in [5.41, 5.74) is -0.515. The van der Waals surface area contributed by atoms with Gasteiger partial charge >= 0.3 is 6.18 Å². The molecule has 0 aliphatic rings. The van der Waals surface area contributed by atoms with E-state index in [4.69, 9.17) is 4.74 Å². The summed E-state index contributed by atoms with van der Waals surface area (Å²) < 4.78 is 82.6. The molecule has 2 rings (SSSR count). The Morgan fingerprint density at radius 2 is 1.76 bits per heavy atom. The maximum atomic E-state index is 13.3. The van der Waals surface area contributed by atoms with E-state index in [1.165, 1.54) is 25.3 Å². The van der Waals surface area contributed by atoms with E-state index in [1.54, 1.807) is 6.07 Å². The van der Waals surface area contributed by atoms with Crippen molar-refractivity contribution in [2.75, 3.05) is 13.7 Å². The number of halogens is 4. The SMILES string of the molecule is COC(CNS(=O)(=O)c1ccc(C(F)(F)F)cc1)c1cccc(F)c1. The highest BCUT2D eigenvalue weighted by Crippen LogP contribution is 2.29. The molecule has 0 heterocycles. The molecule has 1 N–H and O–H groups in total. The zero-order valence-electron chi connectivity index (χ0n) is 13.0. The van der Waals surface area contributed by atoms with E-state index < -0.39 is 33.7 Å². The topological polar surface area (TPSA) is 55.4 Å². The largest absolute Gasteiger partial charge is 0.416 e. The minimum atomic E-state index is -4.55. The molecule has 0 radical (unpaired) electrons. The Morgan fingerprint density at radius 1 is 1.12 bits per heavy atom. The molecule has 0 aromatic heterocycles. The molecule has 0 amide bonds. The summed E-state index contributed by atoms with van der Waals surface area (Å²) >= 11 is 0. The molecule has 0 saturated heterocycles. The molecule has 2 aromatic rings. The van der Waals surface area contributed by atoms with E-state index in [0.29, 0.717) is 17.7 Å². The lowest BCUT2D eigenvalue weighted by atomic mass is 10.1. The van der Waals surface area contributed by atoms with Crippen LogP contribution in [0.1, 0.15) is 17.2 Å². The van der Waals surface area contributed by atoms with Gasteiger partial charge in [0, 0.05) is 13.7 Å². The summed E-state index contributed by atoms with van der Waals surface area (Å²) in [6, 6.07) is 8.60. The van der Waals surface area contributed by atoms with E-state index in [0.717, 1.165) is 12.1 Å². The van der Waals surface area contributed by atoms with Crippen LogP contribution in [0.5, 0.6) is 0 Å². The van der Waals surface area contributed by atoms with Crippen molar-refractivity contribution < 1.29 is 30.7 Å². The predicted molar refractivity (Wildman–Crippen MR) is 82.8 cm³/mol. The molecule has 0 aliphatic heterocycles. The summed E-state index contributed by atoms with van der Waals surface area (Å²) in [4.78, 5) is -0.311. The van der Waals surface area contributed by atoms with Gasteiger partial charge in [-0.2, -0.15) is 13.2 Å². The highest BCUT2D eigenvalue weighted by Gasteiger charge is 2.30. The van der Waals surface area contributed by atoms with Crippen LogP contribution >= 0.6 is 0 Å². The van der Waals surface area contributed by atoms with Gasteiger partial charge in [0.15, 0.2) is 0 Å². The molecule has 2 aromatic carbocycles. The van der Waals surface area contributed by atoms with Crippen molar-refractivity contribution in [1.29, 1.82) is 0 Å². The van der Waals surface area contributed by atoms with Crippen molar-refractivity contribution in [3.8, 4) is 0 Å². The van der Waals surface area contributed by atoms with Crippen LogP contribution in [0.25, 0.3) is 0 Å². The van der Waals surface area contributed by atoms with Gasteiger partial charge in [-0.25, -0.2) is 17.5 Å². The van der Waals surface area contributed by atoms with Crippen LogP contribution in [0.2, 0.25) is 0 Å². The Balaban J connectivity index is 2.12. The number of rotatable bonds is 6. The maximum absolute atomic E-state index is 13.3. The number of ether oxygens (including phenoxy) is 1. The highest BCUT2D eigenvalue weighted by molar-refractivity contribution is 7.89. The Bertz CT molecular complexity index is 820. The van der Waals surface area contributed by atoms with Crippen molar-refractivity contribution in [3.05, 3.63) is 65.5 Å². The average Bonchev–Trinajstić information content (AvgIpc) is 2.55. The summed E-state index contributed by atoms with van der Waals surface area (Å²) in [5.74, 6) is -0.495. The smallest absolute Gasteiger partial charge is 0.375 e. The van der Waals surface area contributed by atoms with E-state index in [-0.39, 0.29) is 11.4 Å². The molecule has 0 bridgehead atoms. The minimum Gasteiger partial charge on any atom is -0.375 e. The van der Waals surface area contributed by atoms with E-state index in [9.17, 15) is 26.0 Å². The first-order valence-corrected chi connectivity index (χ1v) is 8.57. The molecule has 25 heavy (non-hydrogen) atoms. The Labute approximate surface area is 142 Å². The number of hydrogen-bond acceptors (Lipinski definition) is 3. The lowest BCUT2D eigenvalue weighted by Crippen LogP contribution is -2.29. The summed E-state index contributed by atoms with van der Waals surface area (Å²) in [5, 5.41) is 0. The second kappa shape index (κ2) is 7.51. The first-order valence-electron chi connectivity index (χ1n) is 7.08. The number of methoxy groups -OCH3 is 1. The first kappa shape index (κ1) is 19.4. The Kier molecular flexibility index (Phi) is 5.81. The molecule has 0 fully saturated rings. The molecule has 1 atom stereocenters. The molecule has 0 saturated carbocycles. The summed E-state index contributed by atoms with van der Waals surface area (Å²) in [6.07, 6.45) is -5.30. The third-order valence-corrected chi connectivity index (χ3v) is 4.90. The van der Waals surface area contributed by atoms with Gasteiger partial charge in [0.2, 0.25) is 10.0 Å². The highest BCUT2D eigenvalue weighted by atomic mass is 32.2. The number of hydrogen-bond donors (Lipinski definition) is 1. The van der Waals surface area contributed by atoms with Gasteiger partial charge in [0.1, 0.15) is 5.82 Å². The number of alkyl halides is 3. The van der Waals surface area contributed by atoms with Gasteiger partial charge in [0.05, 0.1) is 16.6 Å². The standard InChI is InChI=1S/C16H15F4NO3S/c1-24-15(11-3-2-4-13(17)9-11)10-21-25(22,23)14-7-5-12(6-8-14)16(18,19)20/h2-9,15,21H,10H2,1H3. The van der Waals surface area contributed by atoms with Crippen LogP contribution in [0, 0.1) is 5.82 Å². The zero-order chi connectivity index (χ0) is 18.7. The minimum absolute atomic E-state index is 0.205. The predicted octanol–water partition coefficient (Wildman–Crippen LogP) is 3.51. The fourth-order valence-corrected chi connectivity index (χ4v) is 3.17. The fraction of sp³-hybridized carbons (Fsp3) is 0.250. The van der Waals surface area contributed by atoms with E-state index in [1.807, 2.05) is 0 Å². The zero-order valence-corrected chi connectivity index (χ0v) is 13.9. The second-order valence-corrected chi connectivity index (χ2v) is 6.92. The third kappa shape index (κ3) is 5.00. The van der Waals surface area contributed by atoms with Crippen LogP contribution < -0.4 is 4.72 Å². The van der Waals surface area contributed by atoms with Crippen LogP contribution in [-0.2, 0) is 20.9 Å². The van der Waals surface area contributed by atoms with Crippen molar-refractivity contribution in [2.45, 2.75) is 17.2 Å². The van der Waals surface area contributed by atoms with Crippen LogP contribution in [0.3, 0.4) is 0 Å². The summed E-state index contributed by atoms with van der Waals surface area (Å²) in [6.45, 7) is -0.205. The Morgan fingerprint density at radius 3 is 2.28 bits per heavy atom. The van der Waals surface area contributed by atoms with Crippen molar-refractivity contribution >= 4 is 10.0 Å². The molecule has 0 spiro atoms. The van der Waals surface area contributed by atoms with E-state index >= 15 is 0 Å². The van der Waals surface area contributed by atoms with Gasteiger partial charge in [0.25, 0.3) is 0 Å². The Hall–Kier alpha value is -1.97. The van der Waals surface area contributed by atoms with Gasteiger partial charge in [-0.15, -0.1) is 0 Å². The van der Waals surface area contributed by atoms with Crippen LogP contribution in [0.15, 0.2) is 53.4 Å². The molecule has 4 nitrogen and oxygen atoms in total. The van der Waals surface area contributed by atoms with Gasteiger partial charge in [-0.3, -0.25) is 0 Å². The lowest BCUT2D eigenvalue weighted by Gasteiger charge is -2.17. The molecular weight excluding hydrogens is 362 g/mol. The normalized spacial score (nSPS) is 13.6. The van der Waals surface area contributed by atoms with Crippen molar-refractivity contribution in [3.63, 3.8) is 0 Å². The second-order valence-electron chi connectivity index (χ2n) is 5.15. The van der Waals surface area contributed by atoms with Crippen molar-refractivity contribution in [1.82, 2.24) is 4.72 Å². The van der Waals surface area contributed by atoms with Gasteiger partial charge in [-0.05, 0) is 42.0 Å². The fourth-order valence-electron chi connectivity index (χ4n) is 2.14. The average molecular weight is 377 g/mol. The maximum Gasteiger partial charge on any atom is 0.416 e. The number of nitrogens with one attached hydrogen (secondary N) is 1.